The van der Waals surface area contributed by atoms with Gasteiger partial charge >= 0.3 is 0 Å². The zero-order chi connectivity index (χ0) is 10.8. The van der Waals surface area contributed by atoms with Crippen LogP contribution in [0.15, 0.2) is 24.4 Å². The van der Waals surface area contributed by atoms with Crippen LogP contribution in [0.25, 0.3) is 11.4 Å². The smallest absolute Gasteiger partial charge is 0.155 e. The van der Waals surface area contributed by atoms with E-state index in [0.29, 0.717) is 28.4 Å². The molecule has 2 rings (SSSR count). The third-order valence-corrected chi connectivity index (χ3v) is 2.49. The van der Waals surface area contributed by atoms with Gasteiger partial charge in [0.2, 0.25) is 0 Å². The SMILES string of the molecule is Cn1nc(-c2ccccn2)c(C=O)c1Cl. The first-order valence-electron chi connectivity index (χ1n) is 4.33. The van der Waals surface area contributed by atoms with E-state index in [1.807, 2.05) is 6.07 Å². The molecule has 2 aromatic rings. The van der Waals surface area contributed by atoms with Gasteiger partial charge in [-0.05, 0) is 12.1 Å². The molecule has 0 aliphatic heterocycles. The van der Waals surface area contributed by atoms with Crippen LogP contribution in [0.1, 0.15) is 10.4 Å². The molecule has 0 amide bonds. The molecule has 0 atom stereocenters. The van der Waals surface area contributed by atoms with Crippen molar-refractivity contribution in [1.29, 1.82) is 0 Å². The average molecular weight is 222 g/mol. The first-order valence-corrected chi connectivity index (χ1v) is 4.71. The normalized spacial score (nSPS) is 10.3. The Bertz CT molecular complexity index is 493. The van der Waals surface area contributed by atoms with Crippen LogP contribution in [0.3, 0.4) is 0 Å². The van der Waals surface area contributed by atoms with Crippen LogP contribution < -0.4 is 0 Å². The Hall–Kier alpha value is -1.68. The van der Waals surface area contributed by atoms with Crippen LogP contribution in [0.5, 0.6) is 0 Å². The van der Waals surface area contributed by atoms with Crippen molar-refractivity contribution in [2.45, 2.75) is 0 Å². The minimum atomic E-state index is 0.325. The van der Waals surface area contributed by atoms with Crippen molar-refractivity contribution < 1.29 is 4.79 Å². The first kappa shape index (κ1) is 9.86. The lowest BCUT2D eigenvalue weighted by Gasteiger charge is -1.94. The zero-order valence-corrected chi connectivity index (χ0v) is 8.77. The number of aromatic nitrogens is 3. The summed E-state index contributed by atoms with van der Waals surface area (Å²) < 4.78 is 1.45. The van der Waals surface area contributed by atoms with Crippen molar-refractivity contribution in [3.63, 3.8) is 0 Å². The first-order chi connectivity index (χ1) is 7.24. The highest BCUT2D eigenvalue weighted by molar-refractivity contribution is 6.32. The van der Waals surface area contributed by atoms with E-state index in [2.05, 4.69) is 10.1 Å². The van der Waals surface area contributed by atoms with Crippen LogP contribution in [-0.2, 0) is 7.05 Å². The maximum atomic E-state index is 10.9. The number of halogens is 1. The molecule has 15 heavy (non-hydrogen) atoms. The van der Waals surface area contributed by atoms with Gasteiger partial charge in [0.05, 0.1) is 11.3 Å². The number of hydrogen-bond donors (Lipinski definition) is 0. The number of carbonyl (C=O) groups excluding carboxylic acids is 1. The molecule has 76 valence electrons. The molecule has 0 radical (unpaired) electrons. The van der Waals surface area contributed by atoms with Crippen molar-refractivity contribution in [2.24, 2.45) is 7.05 Å². The number of aldehydes is 1. The van der Waals surface area contributed by atoms with E-state index >= 15 is 0 Å². The molecule has 0 aliphatic rings. The summed E-state index contributed by atoms with van der Waals surface area (Å²) in [5, 5.41) is 4.47. The van der Waals surface area contributed by atoms with Gasteiger partial charge in [-0.1, -0.05) is 17.7 Å². The van der Waals surface area contributed by atoms with E-state index in [4.69, 9.17) is 11.6 Å². The molecule has 2 heterocycles. The lowest BCUT2D eigenvalue weighted by molar-refractivity contribution is 0.112. The lowest BCUT2D eigenvalue weighted by Crippen LogP contribution is -1.90. The summed E-state index contributed by atoms with van der Waals surface area (Å²) in [7, 11) is 1.68. The predicted octanol–water partition coefficient (Wildman–Crippen LogP) is 1.95. The highest BCUT2D eigenvalue weighted by Crippen LogP contribution is 2.24. The van der Waals surface area contributed by atoms with Crippen LogP contribution >= 0.6 is 11.6 Å². The van der Waals surface area contributed by atoms with Gasteiger partial charge in [0, 0.05) is 13.2 Å². The van der Waals surface area contributed by atoms with Crippen LogP contribution in [0, 0.1) is 0 Å². The van der Waals surface area contributed by atoms with Gasteiger partial charge in [0.25, 0.3) is 0 Å². The van der Waals surface area contributed by atoms with Crippen molar-refractivity contribution >= 4 is 17.9 Å². The van der Waals surface area contributed by atoms with Crippen molar-refractivity contribution in [1.82, 2.24) is 14.8 Å². The number of rotatable bonds is 2. The van der Waals surface area contributed by atoms with Crippen LogP contribution in [0.2, 0.25) is 5.15 Å². The molecule has 0 spiro atoms. The Morgan fingerprint density at radius 2 is 2.27 bits per heavy atom. The summed E-state index contributed by atoms with van der Waals surface area (Å²) >= 11 is 5.91. The van der Waals surface area contributed by atoms with Crippen molar-refractivity contribution in [3.05, 3.63) is 35.1 Å². The number of carbonyl (C=O) groups is 1. The molecular formula is C10H8ClN3O. The van der Waals surface area contributed by atoms with Crippen LogP contribution in [0.4, 0.5) is 0 Å². The summed E-state index contributed by atoms with van der Waals surface area (Å²) in [4.78, 5) is 15.0. The summed E-state index contributed by atoms with van der Waals surface area (Å²) in [5.74, 6) is 0. The maximum Gasteiger partial charge on any atom is 0.155 e. The monoisotopic (exact) mass is 221 g/mol. The van der Waals surface area contributed by atoms with Gasteiger partial charge in [-0.15, -0.1) is 0 Å². The molecule has 0 unspecified atom stereocenters. The second kappa shape index (κ2) is 3.82. The second-order valence-corrected chi connectivity index (χ2v) is 3.37. The summed E-state index contributed by atoms with van der Waals surface area (Å²) in [6.45, 7) is 0. The van der Waals surface area contributed by atoms with E-state index < -0.39 is 0 Å². The molecule has 5 heteroatoms. The molecule has 0 aromatic carbocycles. The molecule has 0 aliphatic carbocycles. The van der Waals surface area contributed by atoms with Gasteiger partial charge in [0.1, 0.15) is 10.8 Å². The molecule has 4 nitrogen and oxygen atoms in total. The molecular weight excluding hydrogens is 214 g/mol. The highest BCUT2D eigenvalue weighted by Gasteiger charge is 2.15. The Balaban J connectivity index is 2.63. The molecule has 0 fully saturated rings. The van der Waals surface area contributed by atoms with E-state index in [1.54, 1.807) is 25.4 Å². The molecule has 2 aromatic heterocycles. The van der Waals surface area contributed by atoms with Crippen molar-refractivity contribution in [3.8, 4) is 11.4 Å². The standard InChI is InChI=1S/C10H8ClN3O/c1-14-10(11)7(6-15)9(13-14)8-4-2-3-5-12-8/h2-6H,1H3. The third kappa shape index (κ3) is 1.64. The fraction of sp³-hybridized carbons (Fsp3) is 0.100. The molecule has 0 saturated heterocycles. The van der Waals surface area contributed by atoms with Gasteiger partial charge in [-0.25, -0.2) is 0 Å². The average Bonchev–Trinajstić information content (AvgIpc) is 2.56. The fourth-order valence-electron chi connectivity index (χ4n) is 1.32. The zero-order valence-electron chi connectivity index (χ0n) is 8.01. The largest absolute Gasteiger partial charge is 0.298 e. The minimum Gasteiger partial charge on any atom is -0.298 e. The fourth-order valence-corrected chi connectivity index (χ4v) is 1.49. The highest BCUT2D eigenvalue weighted by atomic mass is 35.5. The third-order valence-electron chi connectivity index (χ3n) is 2.04. The van der Waals surface area contributed by atoms with Gasteiger partial charge in [-0.2, -0.15) is 5.10 Å². The van der Waals surface area contributed by atoms with Gasteiger partial charge in [-0.3, -0.25) is 14.5 Å². The Morgan fingerprint density at radius 3 is 2.87 bits per heavy atom. The lowest BCUT2D eigenvalue weighted by atomic mass is 10.2. The Labute approximate surface area is 91.5 Å². The van der Waals surface area contributed by atoms with E-state index in [0.717, 1.165) is 0 Å². The minimum absolute atomic E-state index is 0.325. The predicted molar refractivity (Wildman–Crippen MR) is 56.8 cm³/mol. The molecule has 0 saturated carbocycles. The molecule has 0 N–H and O–H groups in total. The second-order valence-electron chi connectivity index (χ2n) is 3.01. The van der Waals surface area contributed by atoms with Crippen LogP contribution in [-0.4, -0.2) is 21.1 Å². The topological polar surface area (TPSA) is 47.8 Å². The Kier molecular flexibility index (Phi) is 2.51. The number of pyridine rings is 1. The maximum absolute atomic E-state index is 10.9. The van der Waals surface area contributed by atoms with Gasteiger partial charge in [0.15, 0.2) is 6.29 Å². The van der Waals surface area contributed by atoms with E-state index in [9.17, 15) is 4.79 Å². The summed E-state index contributed by atoms with van der Waals surface area (Å²) in [5.41, 5.74) is 1.53. The summed E-state index contributed by atoms with van der Waals surface area (Å²) in [6, 6.07) is 5.42. The van der Waals surface area contributed by atoms with Gasteiger partial charge < -0.3 is 0 Å². The molecule has 0 bridgehead atoms. The number of hydrogen-bond acceptors (Lipinski definition) is 3. The number of nitrogens with zero attached hydrogens (tertiary/aromatic N) is 3. The van der Waals surface area contributed by atoms with E-state index in [1.165, 1.54) is 4.68 Å². The van der Waals surface area contributed by atoms with E-state index in [-0.39, 0.29) is 0 Å². The summed E-state index contributed by atoms with van der Waals surface area (Å²) in [6.07, 6.45) is 2.34. The Morgan fingerprint density at radius 1 is 1.47 bits per heavy atom. The van der Waals surface area contributed by atoms with Crippen molar-refractivity contribution in [2.75, 3.05) is 0 Å². The number of aryl methyl sites for hydroxylation is 1. The quantitative estimate of drug-likeness (QED) is 0.729.